The number of likely N-dealkylation sites (tertiary alicyclic amines) is 2. The van der Waals surface area contributed by atoms with Gasteiger partial charge in [-0.05, 0) is 115 Å². The van der Waals surface area contributed by atoms with E-state index in [1.807, 2.05) is 0 Å². The zero-order valence-corrected chi connectivity index (χ0v) is 16.2. The Hall–Kier alpha value is -0.160. The summed E-state index contributed by atoms with van der Waals surface area (Å²) in [4.78, 5) is 5.73. The van der Waals surface area contributed by atoms with Gasteiger partial charge in [0.1, 0.15) is 0 Å². The molecule has 4 rings (SSSR count). The summed E-state index contributed by atoms with van der Waals surface area (Å²) >= 11 is 0. The Morgan fingerprint density at radius 1 is 0.640 bits per heavy atom. The molecule has 4 nitrogen and oxygen atoms in total. The summed E-state index contributed by atoms with van der Waals surface area (Å²) in [6, 6.07) is 1.74. The van der Waals surface area contributed by atoms with Gasteiger partial charge in [-0.25, -0.2) is 0 Å². The molecule has 2 atom stereocenters. The molecule has 4 fully saturated rings. The van der Waals surface area contributed by atoms with Crippen LogP contribution < -0.4 is 10.6 Å². The van der Waals surface area contributed by atoms with Crippen molar-refractivity contribution in [3.05, 3.63) is 0 Å². The van der Waals surface area contributed by atoms with Crippen molar-refractivity contribution >= 4 is 0 Å². The third-order valence-electron chi connectivity index (χ3n) is 7.46. The van der Waals surface area contributed by atoms with E-state index in [1.54, 1.807) is 0 Å². The highest BCUT2D eigenvalue weighted by Gasteiger charge is 2.37. The largest absolute Gasteiger partial charge is 0.317 e. The average Bonchev–Trinajstić information content (AvgIpc) is 3.29. The summed E-state index contributed by atoms with van der Waals surface area (Å²) in [6.07, 6.45) is 14.4. The van der Waals surface area contributed by atoms with Crippen LogP contribution in [0.25, 0.3) is 0 Å². The van der Waals surface area contributed by atoms with Gasteiger partial charge in [-0.3, -0.25) is 9.80 Å². The number of nitrogens with zero attached hydrogens (tertiary/aromatic N) is 2. The molecule has 2 unspecified atom stereocenters. The van der Waals surface area contributed by atoms with Crippen LogP contribution in [-0.2, 0) is 0 Å². The maximum atomic E-state index is 3.54. The molecule has 4 aliphatic rings. The molecule has 0 amide bonds. The summed E-state index contributed by atoms with van der Waals surface area (Å²) in [5.41, 5.74) is 0. The van der Waals surface area contributed by atoms with Crippen LogP contribution >= 0.6 is 0 Å². The van der Waals surface area contributed by atoms with Gasteiger partial charge in [0.15, 0.2) is 0 Å². The molecule has 0 bridgehead atoms. The molecule has 25 heavy (non-hydrogen) atoms. The van der Waals surface area contributed by atoms with Crippen LogP contribution in [0.2, 0.25) is 0 Å². The van der Waals surface area contributed by atoms with E-state index in [-0.39, 0.29) is 0 Å². The predicted octanol–water partition coefficient (Wildman–Crippen LogP) is 2.65. The van der Waals surface area contributed by atoms with Crippen molar-refractivity contribution in [3.63, 3.8) is 0 Å². The number of hydrogen-bond acceptors (Lipinski definition) is 4. The van der Waals surface area contributed by atoms with Gasteiger partial charge in [0.25, 0.3) is 0 Å². The summed E-state index contributed by atoms with van der Waals surface area (Å²) in [5.74, 6) is 1.95. The zero-order chi connectivity index (χ0) is 16.9. The van der Waals surface area contributed by atoms with Crippen LogP contribution in [0.4, 0.5) is 0 Å². The number of hydrogen-bond donors (Lipinski definition) is 2. The first-order valence-electron chi connectivity index (χ1n) is 11.3. The van der Waals surface area contributed by atoms with Crippen LogP contribution in [0.15, 0.2) is 0 Å². The lowest BCUT2D eigenvalue weighted by molar-refractivity contribution is 0.0760. The molecule has 4 heteroatoms. The second-order valence-corrected chi connectivity index (χ2v) is 9.22. The standard InChI is InChI=1S/C21H40N4/c1-2-14-24(13-1)17-25-20(15-18-5-9-22-10-6-18)3-4-21(25)16-19-7-11-23-12-8-19/h18-23H,1-17H2. The molecule has 4 aliphatic heterocycles. The maximum Gasteiger partial charge on any atom is 0.0511 e. The Morgan fingerprint density at radius 3 is 1.60 bits per heavy atom. The van der Waals surface area contributed by atoms with Crippen molar-refractivity contribution in [1.29, 1.82) is 0 Å². The smallest absolute Gasteiger partial charge is 0.0511 e. The Labute approximate surface area is 155 Å². The van der Waals surface area contributed by atoms with Gasteiger partial charge >= 0.3 is 0 Å². The van der Waals surface area contributed by atoms with E-state index < -0.39 is 0 Å². The van der Waals surface area contributed by atoms with Crippen molar-refractivity contribution in [3.8, 4) is 0 Å². The molecule has 0 aliphatic carbocycles. The lowest BCUT2D eigenvalue weighted by Crippen LogP contribution is -2.46. The first kappa shape index (κ1) is 18.2. The molecule has 0 saturated carbocycles. The predicted molar refractivity (Wildman–Crippen MR) is 105 cm³/mol. The SMILES string of the molecule is C1CCN(CN2C(CC3CCNCC3)CCC2CC2CCNCC2)C1. The molecule has 144 valence electrons. The molecule has 0 aromatic heterocycles. The van der Waals surface area contributed by atoms with Crippen LogP contribution in [0.5, 0.6) is 0 Å². The molecule has 4 saturated heterocycles. The van der Waals surface area contributed by atoms with Crippen LogP contribution in [0, 0.1) is 11.8 Å². The topological polar surface area (TPSA) is 30.5 Å². The number of nitrogens with one attached hydrogen (secondary N) is 2. The molecular formula is C21H40N4. The van der Waals surface area contributed by atoms with Crippen LogP contribution in [0.1, 0.15) is 64.2 Å². The molecule has 4 heterocycles. The quantitative estimate of drug-likeness (QED) is 0.773. The van der Waals surface area contributed by atoms with Gasteiger partial charge < -0.3 is 10.6 Å². The fourth-order valence-electron chi connectivity index (χ4n) is 5.91. The summed E-state index contributed by atoms with van der Waals surface area (Å²) < 4.78 is 0. The van der Waals surface area contributed by atoms with E-state index in [9.17, 15) is 0 Å². The van der Waals surface area contributed by atoms with Gasteiger partial charge in [-0.2, -0.15) is 0 Å². The average molecular weight is 349 g/mol. The van der Waals surface area contributed by atoms with Gasteiger partial charge in [-0.15, -0.1) is 0 Å². The van der Waals surface area contributed by atoms with Crippen molar-refractivity contribution in [2.45, 2.75) is 76.3 Å². The monoisotopic (exact) mass is 348 g/mol. The van der Waals surface area contributed by atoms with Crippen LogP contribution in [-0.4, -0.2) is 67.8 Å². The minimum atomic E-state index is 0.871. The molecule has 0 spiro atoms. The summed E-state index contributed by atoms with van der Waals surface area (Å²) in [6.45, 7) is 8.96. The normalized spacial score (nSPS) is 34.1. The first-order chi connectivity index (χ1) is 12.4. The van der Waals surface area contributed by atoms with E-state index in [1.165, 1.54) is 110 Å². The van der Waals surface area contributed by atoms with E-state index in [0.717, 1.165) is 23.9 Å². The Bertz CT molecular complexity index is 355. The lowest BCUT2D eigenvalue weighted by Gasteiger charge is -2.37. The minimum absolute atomic E-state index is 0.871. The third-order valence-corrected chi connectivity index (χ3v) is 7.46. The Balaban J connectivity index is 1.36. The minimum Gasteiger partial charge on any atom is -0.317 e. The molecule has 0 radical (unpaired) electrons. The Morgan fingerprint density at radius 2 is 1.12 bits per heavy atom. The van der Waals surface area contributed by atoms with E-state index in [4.69, 9.17) is 0 Å². The van der Waals surface area contributed by atoms with Crippen LogP contribution in [0.3, 0.4) is 0 Å². The fraction of sp³-hybridized carbons (Fsp3) is 1.00. The zero-order valence-electron chi connectivity index (χ0n) is 16.2. The molecule has 0 aromatic carbocycles. The van der Waals surface area contributed by atoms with Gasteiger partial charge in [0, 0.05) is 12.1 Å². The van der Waals surface area contributed by atoms with E-state index in [2.05, 4.69) is 20.4 Å². The van der Waals surface area contributed by atoms with Gasteiger partial charge in [-0.1, -0.05) is 0 Å². The van der Waals surface area contributed by atoms with Crippen molar-refractivity contribution in [2.24, 2.45) is 11.8 Å². The first-order valence-corrected chi connectivity index (χ1v) is 11.3. The number of rotatable bonds is 6. The highest BCUT2D eigenvalue weighted by molar-refractivity contribution is 4.91. The van der Waals surface area contributed by atoms with Gasteiger partial charge in [0.05, 0.1) is 6.67 Å². The lowest BCUT2D eigenvalue weighted by atomic mass is 9.90. The molecular weight excluding hydrogens is 308 g/mol. The number of piperidine rings is 2. The Kier molecular flexibility index (Phi) is 6.68. The van der Waals surface area contributed by atoms with E-state index >= 15 is 0 Å². The highest BCUT2D eigenvalue weighted by atomic mass is 15.4. The van der Waals surface area contributed by atoms with Crippen molar-refractivity contribution < 1.29 is 0 Å². The fourth-order valence-corrected chi connectivity index (χ4v) is 5.91. The molecule has 0 aromatic rings. The van der Waals surface area contributed by atoms with E-state index in [0.29, 0.717) is 0 Å². The summed E-state index contributed by atoms with van der Waals surface area (Å²) in [7, 11) is 0. The third kappa shape index (κ3) is 4.97. The second kappa shape index (κ2) is 9.16. The molecule has 2 N–H and O–H groups in total. The van der Waals surface area contributed by atoms with Crippen molar-refractivity contribution in [1.82, 2.24) is 20.4 Å². The van der Waals surface area contributed by atoms with Crippen molar-refractivity contribution in [2.75, 3.05) is 45.9 Å². The second-order valence-electron chi connectivity index (χ2n) is 9.22. The highest BCUT2D eigenvalue weighted by Crippen LogP contribution is 2.35. The summed E-state index contributed by atoms with van der Waals surface area (Å²) in [5, 5.41) is 7.09. The van der Waals surface area contributed by atoms with Gasteiger partial charge in [0.2, 0.25) is 0 Å². The maximum absolute atomic E-state index is 3.54.